The van der Waals surface area contributed by atoms with Crippen LogP contribution in [-0.2, 0) is 13.1 Å². The Kier molecular flexibility index (Phi) is 5.34. The summed E-state index contributed by atoms with van der Waals surface area (Å²) in [6.07, 6.45) is 6.98. The highest BCUT2D eigenvalue weighted by Crippen LogP contribution is 2.24. The van der Waals surface area contributed by atoms with Gasteiger partial charge >= 0.3 is 0 Å². The lowest BCUT2D eigenvalue weighted by molar-refractivity contribution is 0.186. The van der Waals surface area contributed by atoms with Crippen LogP contribution in [-0.4, -0.2) is 38.8 Å². The summed E-state index contributed by atoms with van der Waals surface area (Å²) in [6.45, 7) is 7.92. The Labute approximate surface area is 116 Å². The number of hydrogen-bond donors (Lipinski definition) is 1. The highest BCUT2D eigenvalue weighted by Gasteiger charge is 2.23. The molecule has 5 heteroatoms. The van der Waals surface area contributed by atoms with E-state index >= 15 is 0 Å². The van der Waals surface area contributed by atoms with Crippen LogP contribution >= 0.6 is 0 Å². The predicted molar refractivity (Wildman–Crippen MR) is 76.6 cm³/mol. The third kappa shape index (κ3) is 4.01. The molecule has 0 unspecified atom stereocenters. The van der Waals surface area contributed by atoms with Crippen molar-refractivity contribution < 1.29 is 0 Å². The van der Waals surface area contributed by atoms with Gasteiger partial charge in [0.2, 0.25) is 0 Å². The van der Waals surface area contributed by atoms with Crippen molar-refractivity contribution in [2.24, 2.45) is 11.7 Å². The number of nitrogens with zero attached hydrogens (tertiary/aromatic N) is 4. The van der Waals surface area contributed by atoms with Crippen LogP contribution in [0.2, 0.25) is 0 Å². The molecule has 1 aromatic rings. The first kappa shape index (κ1) is 14.5. The first-order valence-electron chi connectivity index (χ1n) is 7.51. The fourth-order valence-corrected chi connectivity index (χ4v) is 2.92. The molecule has 0 aromatic carbocycles. The van der Waals surface area contributed by atoms with Crippen LogP contribution in [0, 0.1) is 5.92 Å². The van der Waals surface area contributed by atoms with E-state index in [1.54, 1.807) is 6.33 Å². The molecule has 0 radical (unpaired) electrons. The van der Waals surface area contributed by atoms with Gasteiger partial charge < -0.3 is 5.73 Å². The number of nitrogens with two attached hydrogens (primary N) is 1. The molecule has 108 valence electrons. The van der Waals surface area contributed by atoms with Gasteiger partial charge in [0.1, 0.15) is 12.2 Å². The van der Waals surface area contributed by atoms with Crippen molar-refractivity contribution in [3.63, 3.8) is 0 Å². The average Bonchev–Trinajstić information content (AvgIpc) is 3.00. The zero-order chi connectivity index (χ0) is 13.7. The minimum atomic E-state index is 0.592. The lowest BCUT2D eigenvalue weighted by Gasteiger charge is -2.28. The quantitative estimate of drug-likeness (QED) is 0.814. The Balaban J connectivity index is 2.01. The number of rotatable bonds is 7. The highest BCUT2D eigenvalue weighted by atomic mass is 15.4. The molecular weight excluding hydrogens is 238 g/mol. The van der Waals surface area contributed by atoms with Gasteiger partial charge in [-0.1, -0.05) is 26.7 Å². The lowest BCUT2D eigenvalue weighted by Crippen LogP contribution is -2.37. The van der Waals surface area contributed by atoms with Crippen molar-refractivity contribution in [2.75, 3.05) is 13.1 Å². The van der Waals surface area contributed by atoms with Crippen molar-refractivity contribution in [3.8, 4) is 0 Å². The molecule has 5 nitrogen and oxygen atoms in total. The Hall–Kier alpha value is -0.940. The van der Waals surface area contributed by atoms with Crippen molar-refractivity contribution in [1.82, 2.24) is 19.7 Å². The molecule has 0 bridgehead atoms. The van der Waals surface area contributed by atoms with Crippen LogP contribution in [0.1, 0.15) is 45.4 Å². The van der Waals surface area contributed by atoms with Crippen LogP contribution in [0.5, 0.6) is 0 Å². The summed E-state index contributed by atoms with van der Waals surface area (Å²) in [6, 6.07) is 0.688. The topological polar surface area (TPSA) is 60.0 Å². The van der Waals surface area contributed by atoms with E-state index in [0.29, 0.717) is 12.0 Å². The van der Waals surface area contributed by atoms with Crippen molar-refractivity contribution in [3.05, 3.63) is 12.2 Å². The summed E-state index contributed by atoms with van der Waals surface area (Å²) >= 11 is 0. The van der Waals surface area contributed by atoms with Crippen LogP contribution in [0.3, 0.4) is 0 Å². The SMILES string of the molecule is CC(C)Cn1ncnc1CN(CCN)C1CCCC1. The second kappa shape index (κ2) is 7.01. The van der Waals surface area contributed by atoms with Gasteiger partial charge in [-0.05, 0) is 18.8 Å². The summed E-state index contributed by atoms with van der Waals surface area (Å²) in [5, 5.41) is 4.34. The van der Waals surface area contributed by atoms with E-state index in [2.05, 4.69) is 28.8 Å². The number of aromatic nitrogens is 3. The zero-order valence-corrected chi connectivity index (χ0v) is 12.3. The maximum absolute atomic E-state index is 5.76. The average molecular weight is 265 g/mol. The first-order chi connectivity index (χ1) is 9.20. The molecule has 1 aromatic heterocycles. The van der Waals surface area contributed by atoms with Gasteiger partial charge in [0.15, 0.2) is 0 Å². The molecule has 1 aliphatic rings. The van der Waals surface area contributed by atoms with E-state index in [1.165, 1.54) is 25.7 Å². The van der Waals surface area contributed by atoms with Gasteiger partial charge in [0.25, 0.3) is 0 Å². The van der Waals surface area contributed by atoms with Crippen molar-refractivity contribution in [1.29, 1.82) is 0 Å². The minimum absolute atomic E-state index is 0.592. The molecule has 0 spiro atoms. The van der Waals surface area contributed by atoms with Crippen molar-refractivity contribution >= 4 is 0 Å². The minimum Gasteiger partial charge on any atom is -0.329 e. The van der Waals surface area contributed by atoms with E-state index < -0.39 is 0 Å². The monoisotopic (exact) mass is 265 g/mol. The Morgan fingerprint density at radius 3 is 2.79 bits per heavy atom. The second-order valence-electron chi connectivity index (χ2n) is 5.95. The van der Waals surface area contributed by atoms with Crippen LogP contribution in [0.4, 0.5) is 0 Å². The summed E-state index contributed by atoms with van der Waals surface area (Å²) in [7, 11) is 0. The molecule has 0 aliphatic heterocycles. The molecule has 0 saturated heterocycles. The number of hydrogen-bond acceptors (Lipinski definition) is 4. The summed E-state index contributed by atoms with van der Waals surface area (Å²) in [5.74, 6) is 1.67. The van der Waals surface area contributed by atoms with E-state index in [1.807, 2.05) is 4.68 Å². The second-order valence-corrected chi connectivity index (χ2v) is 5.95. The highest BCUT2D eigenvalue weighted by molar-refractivity contribution is 4.88. The largest absolute Gasteiger partial charge is 0.329 e. The van der Waals surface area contributed by atoms with Gasteiger partial charge in [-0.3, -0.25) is 4.90 Å². The standard InChI is InChI=1S/C14H27N5/c1-12(2)9-19-14(16-11-17-19)10-18(8-7-15)13-5-3-4-6-13/h11-13H,3-10,15H2,1-2H3. The van der Waals surface area contributed by atoms with E-state index in [9.17, 15) is 0 Å². The molecule has 1 fully saturated rings. The van der Waals surface area contributed by atoms with Gasteiger partial charge in [-0.15, -0.1) is 0 Å². The van der Waals surface area contributed by atoms with Crippen molar-refractivity contribution in [2.45, 2.75) is 58.7 Å². The van der Waals surface area contributed by atoms with Gasteiger partial charge in [-0.25, -0.2) is 9.67 Å². The van der Waals surface area contributed by atoms with E-state index in [-0.39, 0.29) is 0 Å². The smallest absolute Gasteiger partial charge is 0.141 e. The fourth-order valence-electron chi connectivity index (χ4n) is 2.92. The molecule has 0 amide bonds. The van der Waals surface area contributed by atoms with Crippen LogP contribution < -0.4 is 5.73 Å². The molecule has 2 rings (SSSR count). The Morgan fingerprint density at radius 2 is 2.16 bits per heavy atom. The fraction of sp³-hybridized carbons (Fsp3) is 0.857. The van der Waals surface area contributed by atoms with Gasteiger partial charge in [-0.2, -0.15) is 5.10 Å². The van der Waals surface area contributed by atoms with Crippen LogP contribution in [0.15, 0.2) is 6.33 Å². The third-order valence-electron chi connectivity index (χ3n) is 3.84. The molecule has 2 N–H and O–H groups in total. The lowest BCUT2D eigenvalue weighted by atomic mass is 10.2. The summed E-state index contributed by atoms with van der Waals surface area (Å²) in [4.78, 5) is 6.93. The maximum atomic E-state index is 5.76. The molecule has 0 atom stereocenters. The molecule has 19 heavy (non-hydrogen) atoms. The zero-order valence-electron chi connectivity index (χ0n) is 12.3. The summed E-state index contributed by atoms with van der Waals surface area (Å²) in [5.41, 5.74) is 5.76. The third-order valence-corrected chi connectivity index (χ3v) is 3.84. The normalized spacial score (nSPS) is 16.9. The maximum Gasteiger partial charge on any atom is 0.141 e. The van der Waals surface area contributed by atoms with Gasteiger partial charge in [0.05, 0.1) is 6.54 Å². The molecule has 1 saturated carbocycles. The molecular formula is C14H27N5. The van der Waals surface area contributed by atoms with E-state index in [0.717, 1.165) is 32.0 Å². The first-order valence-corrected chi connectivity index (χ1v) is 7.51. The van der Waals surface area contributed by atoms with E-state index in [4.69, 9.17) is 5.73 Å². The Morgan fingerprint density at radius 1 is 1.42 bits per heavy atom. The Bertz CT molecular complexity index is 368. The molecule has 1 heterocycles. The molecule has 1 aliphatic carbocycles. The summed E-state index contributed by atoms with van der Waals surface area (Å²) < 4.78 is 2.04. The van der Waals surface area contributed by atoms with Crippen LogP contribution in [0.25, 0.3) is 0 Å². The predicted octanol–water partition coefficient (Wildman–Crippen LogP) is 1.64. The van der Waals surface area contributed by atoms with Gasteiger partial charge in [0, 0.05) is 25.7 Å².